The smallest absolute Gasteiger partial charge is 0.303 e. The van der Waals surface area contributed by atoms with Crippen LogP contribution in [-0.2, 0) is 14.8 Å². The van der Waals surface area contributed by atoms with E-state index in [1.165, 1.54) is 4.31 Å². The third-order valence-corrected chi connectivity index (χ3v) is 6.70. The predicted molar refractivity (Wildman–Crippen MR) is 116 cm³/mol. The van der Waals surface area contributed by atoms with E-state index >= 15 is 0 Å². The molecule has 7 heteroatoms. The fourth-order valence-electron chi connectivity index (χ4n) is 3.43. The molecule has 0 spiro atoms. The molecule has 2 N–H and O–H groups in total. The largest absolute Gasteiger partial charge is 0.481 e. The number of unbranched alkanes of at least 4 members (excludes halogenated alkanes) is 1. The molecule has 0 amide bonds. The maximum Gasteiger partial charge on any atom is 0.303 e. The van der Waals surface area contributed by atoms with Gasteiger partial charge in [0.05, 0.1) is 16.6 Å². The zero-order valence-corrected chi connectivity index (χ0v) is 18.3. The quantitative estimate of drug-likeness (QED) is 0.690. The number of fused-ring (bicyclic) bond motifs is 2. The topological polar surface area (TPSA) is 86.7 Å². The number of nitrogens with one attached hydrogen (secondary N) is 1. The number of aliphatic carboxylic acids is 1. The van der Waals surface area contributed by atoms with Crippen LogP contribution in [-0.4, -0.2) is 33.1 Å². The Labute approximate surface area is 173 Å². The number of para-hydroxylation sites is 1. The van der Waals surface area contributed by atoms with Crippen LogP contribution in [0.15, 0.2) is 47.4 Å². The number of rotatable bonds is 6. The highest BCUT2D eigenvalue weighted by atomic mass is 32.2. The molecule has 2 aromatic carbocycles. The van der Waals surface area contributed by atoms with Crippen molar-refractivity contribution in [1.29, 1.82) is 0 Å². The minimum atomic E-state index is -3.66. The van der Waals surface area contributed by atoms with Gasteiger partial charge in [0.2, 0.25) is 0 Å². The van der Waals surface area contributed by atoms with Crippen LogP contribution in [0.2, 0.25) is 0 Å². The maximum absolute atomic E-state index is 13.2. The zero-order chi connectivity index (χ0) is 21.6. The highest BCUT2D eigenvalue weighted by molar-refractivity contribution is 7.92. The summed E-state index contributed by atoms with van der Waals surface area (Å²) < 4.78 is 27.7. The van der Waals surface area contributed by atoms with E-state index in [2.05, 4.69) is 5.32 Å². The number of hydrogen-bond donors (Lipinski definition) is 2. The Morgan fingerprint density at radius 1 is 1.10 bits per heavy atom. The van der Waals surface area contributed by atoms with Crippen molar-refractivity contribution in [2.45, 2.75) is 51.0 Å². The van der Waals surface area contributed by atoms with Crippen LogP contribution < -0.4 is 9.62 Å². The van der Waals surface area contributed by atoms with E-state index in [4.69, 9.17) is 5.11 Å². The lowest BCUT2D eigenvalue weighted by Crippen LogP contribution is -2.26. The van der Waals surface area contributed by atoms with Crippen molar-refractivity contribution in [3.8, 4) is 0 Å². The summed E-state index contributed by atoms with van der Waals surface area (Å²) in [6, 6.07) is 12.7. The van der Waals surface area contributed by atoms with Crippen molar-refractivity contribution in [2.75, 3.05) is 17.9 Å². The van der Waals surface area contributed by atoms with Crippen LogP contribution >= 0.6 is 0 Å². The lowest BCUT2D eigenvalue weighted by Gasteiger charge is -2.22. The summed E-state index contributed by atoms with van der Waals surface area (Å²) in [6.45, 7) is 6.48. The van der Waals surface area contributed by atoms with Crippen molar-refractivity contribution >= 4 is 21.7 Å². The molecule has 0 aliphatic carbocycles. The van der Waals surface area contributed by atoms with E-state index in [1.54, 1.807) is 13.1 Å². The van der Waals surface area contributed by atoms with Crippen LogP contribution in [0.4, 0.5) is 5.69 Å². The number of hydrogen-bond acceptors (Lipinski definition) is 4. The van der Waals surface area contributed by atoms with Gasteiger partial charge in [-0.05, 0) is 55.1 Å². The Morgan fingerprint density at radius 3 is 2.48 bits per heavy atom. The molecule has 0 fully saturated rings. The Kier molecular flexibility index (Phi) is 7.81. The summed E-state index contributed by atoms with van der Waals surface area (Å²) in [5.41, 5.74) is 3.14. The molecule has 0 saturated heterocycles. The van der Waals surface area contributed by atoms with Gasteiger partial charge in [-0.2, -0.15) is 0 Å². The first-order valence-electron chi connectivity index (χ1n) is 9.96. The molecule has 0 saturated carbocycles. The predicted octanol–water partition coefficient (Wildman–Crippen LogP) is 4.09. The SMILES string of the molecule is CC.Cc1ccc2c(c1)S(=O)(=O)N(C)c1ccccc1C2NCCCCC(=O)O. The van der Waals surface area contributed by atoms with Crippen molar-refractivity contribution in [2.24, 2.45) is 0 Å². The summed E-state index contributed by atoms with van der Waals surface area (Å²) in [4.78, 5) is 11.0. The highest BCUT2D eigenvalue weighted by Crippen LogP contribution is 2.40. The van der Waals surface area contributed by atoms with Gasteiger partial charge >= 0.3 is 5.97 Å². The van der Waals surface area contributed by atoms with Gasteiger partial charge in [0, 0.05) is 13.5 Å². The highest BCUT2D eigenvalue weighted by Gasteiger charge is 2.34. The summed E-state index contributed by atoms with van der Waals surface area (Å²) in [6.07, 6.45) is 1.42. The molecule has 2 aromatic rings. The normalized spacial score (nSPS) is 16.7. The van der Waals surface area contributed by atoms with Crippen LogP contribution in [0.5, 0.6) is 0 Å². The third kappa shape index (κ3) is 4.97. The lowest BCUT2D eigenvalue weighted by molar-refractivity contribution is -0.137. The Bertz CT molecular complexity index is 957. The van der Waals surface area contributed by atoms with Gasteiger partial charge in [0.25, 0.3) is 10.0 Å². The Hall–Kier alpha value is -2.38. The van der Waals surface area contributed by atoms with Crippen LogP contribution in [0.1, 0.15) is 55.8 Å². The second kappa shape index (κ2) is 9.89. The molecular weight excluding hydrogens is 388 g/mol. The van der Waals surface area contributed by atoms with Crippen molar-refractivity contribution in [3.63, 3.8) is 0 Å². The molecule has 1 aliphatic rings. The fraction of sp³-hybridized carbons (Fsp3) is 0.409. The lowest BCUT2D eigenvalue weighted by atomic mass is 9.96. The number of carboxylic acids is 1. The molecule has 0 aromatic heterocycles. The zero-order valence-electron chi connectivity index (χ0n) is 17.5. The minimum Gasteiger partial charge on any atom is -0.481 e. The first kappa shape index (κ1) is 22.9. The number of aryl methyl sites for hydroxylation is 1. The summed E-state index contributed by atoms with van der Waals surface area (Å²) in [5.74, 6) is -0.802. The number of carbonyl (C=O) groups is 1. The standard InChI is InChI=1S/C20H24N2O4S.C2H6/c1-14-10-11-16-18(13-14)27(25,26)22(2)17-8-4-3-7-15(17)20(16)21-12-6-5-9-19(23)24;1-2/h3-4,7-8,10-11,13,20-21H,5-6,9,12H2,1-2H3,(H,23,24);1-2H3. The van der Waals surface area contributed by atoms with Crippen molar-refractivity contribution in [1.82, 2.24) is 5.32 Å². The molecule has 0 radical (unpaired) electrons. The molecule has 1 aliphatic heterocycles. The maximum atomic E-state index is 13.2. The number of sulfonamides is 1. The molecule has 3 rings (SSSR count). The summed E-state index contributed by atoms with van der Waals surface area (Å²) in [7, 11) is -2.08. The van der Waals surface area contributed by atoms with Gasteiger partial charge in [0.1, 0.15) is 0 Å². The number of nitrogens with zero attached hydrogens (tertiary/aromatic N) is 1. The van der Waals surface area contributed by atoms with E-state index in [0.717, 1.165) is 16.7 Å². The molecule has 158 valence electrons. The van der Waals surface area contributed by atoms with Crippen molar-refractivity contribution in [3.05, 3.63) is 59.2 Å². The number of benzene rings is 2. The first-order chi connectivity index (χ1) is 13.8. The second-order valence-electron chi connectivity index (χ2n) is 6.81. The molecule has 29 heavy (non-hydrogen) atoms. The molecular formula is C22H30N2O4S. The Balaban J connectivity index is 0.00000145. The van der Waals surface area contributed by atoms with Gasteiger partial charge in [-0.25, -0.2) is 8.42 Å². The van der Waals surface area contributed by atoms with Gasteiger partial charge in [0.15, 0.2) is 0 Å². The van der Waals surface area contributed by atoms with E-state index < -0.39 is 16.0 Å². The van der Waals surface area contributed by atoms with E-state index in [-0.39, 0.29) is 12.5 Å². The molecule has 1 heterocycles. The van der Waals surface area contributed by atoms with Gasteiger partial charge < -0.3 is 10.4 Å². The summed E-state index contributed by atoms with van der Waals surface area (Å²) in [5, 5.41) is 12.2. The average Bonchev–Trinajstić information content (AvgIpc) is 2.77. The average molecular weight is 419 g/mol. The van der Waals surface area contributed by atoms with Crippen LogP contribution in [0, 0.1) is 6.92 Å². The first-order valence-corrected chi connectivity index (χ1v) is 11.4. The molecule has 1 atom stereocenters. The monoisotopic (exact) mass is 418 g/mol. The van der Waals surface area contributed by atoms with Crippen LogP contribution in [0.3, 0.4) is 0 Å². The molecule has 1 unspecified atom stereocenters. The summed E-state index contributed by atoms with van der Waals surface area (Å²) >= 11 is 0. The third-order valence-electron chi connectivity index (χ3n) is 4.87. The van der Waals surface area contributed by atoms with Crippen molar-refractivity contribution < 1.29 is 18.3 Å². The molecule has 0 bridgehead atoms. The number of anilines is 1. The fourth-order valence-corrected chi connectivity index (χ4v) is 4.97. The van der Waals surface area contributed by atoms with Gasteiger partial charge in [-0.15, -0.1) is 0 Å². The van der Waals surface area contributed by atoms with Crippen LogP contribution in [0.25, 0.3) is 0 Å². The van der Waals surface area contributed by atoms with E-state index in [1.807, 2.05) is 57.2 Å². The molecule has 6 nitrogen and oxygen atoms in total. The Morgan fingerprint density at radius 2 is 1.79 bits per heavy atom. The van der Waals surface area contributed by atoms with Gasteiger partial charge in [-0.3, -0.25) is 9.10 Å². The second-order valence-corrected chi connectivity index (χ2v) is 8.75. The minimum absolute atomic E-state index is 0.135. The van der Waals surface area contributed by atoms with E-state index in [0.29, 0.717) is 30.0 Å². The van der Waals surface area contributed by atoms with Gasteiger partial charge in [-0.1, -0.05) is 44.2 Å². The van der Waals surface area contributed by atoms with E-state index in [9.17, 15) is 13.2 Å². The number of carboxylic acid groups (broad SMARTS) is 1.